The fraction of sp³-hybridized carbons (Fsp3) is 0.521. The monoisotopic (exact) mass is 889 g/mol. The molecule has 0 bridgehead atoms. The third-order valence-electron chi connectivity index (χ3n) is 13.4. The highest BCUT2D eigenvalue weighted by molar-refractivity contribution is 5.84. The van der Waals surface area contributed by atoms with Crippen LogP contribution in [0.15, 0.2) is 70.5 Å². The molecule has 4 aliphatic heterocycles. The summed E-state index contributed by atoms with van der Waals surface area (Å²) in [7, 11) is 8.00. The van der Waals surface area contributed by atoms with Crippen LogP contribution >= 0.6 is 0 Å². The molecule has 17 nitrogen and oxygen atoms in total. The van der Waals surface area contributed by atoms with Crippen LogP contribution in [0.3, 0.4) is 0 Å². The van der Waals surface area contributed by atoms with Crippen molar-refractivity contribution in [1.82, 2.24) is 49.4 Å². The molecule has 4 atom stereocenters. The van der Waals surface area contributed by atoms with E-state index in [-0.39, 0.29) is 28.9 Å². The third kappa shape index (κ3) is 10.2. The van der Waals surface area contributed by atoms with Gasteiger partial charge in [0.25, 0.3) is 11.1 Å². The maximum absolute atomic E-state index is 12.9. The summed E-state index contributed by atoms with van der Waals surface area (Å²) in [6.07, 6.45) is 7.87. The van der Waals surface area contributed by atoms with E-state index in [0.717, 1.165) is 126 Å². The molecule has 6 aromatic rings. The molecule has 4 fully saturated rings. The molecule has 0 aliphatic carbocycles. The van der Waals surface area contributed by atoms with Crippen molar-refractivity contribution in [3.63, 3.8) is 0 Å². The minimum absolute atomic E-state index is 0.102. The third-order valence-corrected chi connectivity index (χ3v) is 13.4. The number of H-pyrrole nitrogens is 2. The molecule has 65 heavy (non-hydrogen) atoms. The van der Waals surface area contributed by atoms with Gasteiger partial charge in [-0.2, -0.15) is 10.2 Å². The topological polar surface area (TPSA) is 183 Å². The number of nitrogens with one attached hydrogen (secondary N) is 3. The van der Waals surface area contributed by atoms with E-state index in [1.165, 1.54) is 11.3 Å². The van der Waals surface area contributed by atoms with Gasteiger partial charge in [0.1, 0.15) is 23.3 Å². The first-order valence-electron chi connectivity index (χ1n) is 23.0. The number of aromatic amines is 2. The van der Waals surface area contributed by atoms with Crippen LogP contribution in [0.25, 0.3) is 11.0 Å². The average Bonchev–Trinajstić information content (AvgIpc) is 4.14. The van der Waals surface area contributed by atoms with Gasteiger partial charge in [0.2, 0.25) is 0 Å². The van der Waals surface area contributed by atoms with E-state index in [1.54, 1.807) is 21.4 Å². The highest BCUT2D eigenvalue weighted by atomic mass is 16.5. The van der Waals surface area contributed by atoms with Crippen LogP contribution in [0.1, 0.15) is 102 Å². The number of likely N-dealkylation sites (tertiary alicyclic amines) is 1. The quantitative estimate of drug-likeness (QED) is 0.168. The van der Waals surface area contributed by atoms with Gasteiger partial charge in [0, 0.05) is 121 Å². The first-order chi connectivity index (χ1) is 31.5. The Morgan fingerprint density at radius 3 is 1.71 bits per heavy atom. The van der Waals surface area contributed by atoms with Crippen molar-refractivity contribution in [2.24, 2.45) is 11.8 Å². The van der Waals surface area contributed by atoms with Gasteiger partial charge in [-0.05, 0) is 67.8 Å². The van der Waals surface area contributed by atoms with Gasteiger partial charge in [0.05, 0.1) is 12.4 Å². The number of ether oxygens (including phenoxy) is 2. The second kappa shape index (κ2) is 20.6. The van der Waals surface area contributed by atoms with Gasteiger partial charge in [-0.3, -0.25) is 19.3 Å². The van der Waals surface area contributed by atoms with Crippen LogP contribution < -0.4 is 26.2 Å². The normalized spacial score (nSPS) is 21.8. The Labute approximate surface area is 379 Å². The summed E-state index contributed by atoms with van der Waals surface area (Å²) in [6.45, 7) is 12.0. The number of carbonyl (C=O) groups excluding carboxylic acids is 1. The highest BCUT2D eigenvalue weighted by Crippen LogP contribution is 2.33. The summed E-state index contributed by atoms with van der Waals surface area (Å²) in [4.78, 5) is 57.3. The van der Waals surface area contributed by atoms with Gasteiger partial charge in [-0.1, -0.05) is 44.2 Å². The Balaban J connectivity index is 0.000000150. The van der Waals surface area contributed by atoms with E-state index < -0.39 is 0 Å². The number of aromatic nitrogens is 8. The molecular formula is C48H64N12O5. The predicted molar refractivity (Wildman–Crippen MR) is 252 cm³/mol. The second-order valence-corrected chi connectivity index (χ2v) is 18.4. The summed E-state index contributed by atoms with van der Waals surface area (Å²) in [5.41, 5.74) is 5.11. The number of carbonyl (C=O) groups is 1. The molecule has 0 radical (unpaired) electrons. The predicted octanol–water partition coefficient (Wildman–Crippen LogP) is 4.81. The van der Waals surface area contributed by atoms with Crippen LogP contribution in [0, 0.1) is 11.8 Å². The molecule has 2 aromatic carbocycles. The van der Waals surface area contributed by atoms with Crippen molar-refractivity contribution in [3.05, 3.63) is 116 Å². The van der Waals surface area contributed by atoms with E-state index >= 15 is 0 Å². The number of nitrogens with zero attached hydrogens (tertiary/aromatic N) is 9. The van der Waals surface area contributed by atoms with E-state index in [2.05, 4.69) is 87.3 Å². The summed E-state index contributed by atoms with van der Waals surface area (Å²) in [5, 5.41) is 13.0. The number of imidazole rings is 2. The number of aldehydes is 1. The molecule has 0 amide bonds. The molecule has 3 N–H and O–H groups in total. The Kier molecular flexibility index (Phi) is 14.5. The van der Waals surface area contributed by atoms with E-state index in [4.69, 9.17) is 19.7 Å². The standard InChI is InChI=1S/C24H32N6O2.C15H21N5O2.C9H11NO/c1-16-13-29(14-18-6-4-5-7-20(18)28(2)3)15-19(16)22-26-24(31)21-12-25-23(30(21)27-22)17-8-10-32-11-9-17;1-9-6-16-7-11(9)13-18-15(21)12-8-17-14(20(12)19-13)10-2-4-22-5-3-10;1-10(2)9-6-4-3-5-8(9)7-11/h4-7,12,16-17,19H,8-11,13-15H2,1-3H3,(H,26,27,31);8-11,16H,2-7H2,1H3,(H,18,19,21);3-7H,1-2H3. The van der Waals surface area contributed by atoms with Crippen molar-refractivity contribution in [2.75, 3.05) is 90.6 Å². The summed E-state index contributed by atoms with van der Waals surface area (Å²) in [5.74, 6) is 5.22. The van der Waals surface area contributed by atoms with Crippen molar-refractivity contribution in [3.8, 4) is 0 Å². The minimum atomic E-state index is -0.107. The molecule has 10 rings (SSSR count). The largest absolute Gasteiger partial charge is 0.381 e. The Bertz CT molecular complexity index is 2660. The Morgan fingerprint density at radius 2 is 1.20 bits per heavy atom. The van der Waals surface area contributed by atoms with Crippen LogP contribution in [0.5, 0.6) is 0 Å². The smallest absolute Gasteiger partial charge is 0.276 e. The van der Waals surface area contributed by atoms with Crippen LogP contribution in [0.4, 0.5) is 11.4 Å². The van der Waals surface area contributed by atoms with Crippen molar-refractivity contribution < 1.29 is 14.3 Å². The lowest BCUT2D eigenvalue weighted by Crippen LogP contribution is -2.24. The molecular weight excluding hydrogens is 825 g/mol. The molecule has 17 heteroatoms. The molecule has 4 unspecified atom stereocenters. The lowest BCUT2D eigenvalue weighted by Gasteiger charge is -2.22. The van der Waals surface area contributed by atoms with E-state index in [9.17, 15) is 14.4 Å². The molecule has 8 heterocycles. The van der Waals surface area contributed by atoms with Crippen LogP contribution in [-0.4, -0.2) is 131 Å². The number of para-hydroxylation sites is 2. The zero-order chi connectivity index (χ0) is 45.6. The molecule has 4 aromatic heterocycles. The van der Waals surface area contributed by atoms with Crippen molar-refractivity contribution in [2.45, 2.75) is 69.7 Å². The molecule has 346 valence electrons. The first kappa shape index (κ1) is 45.8. The number of hydrogen-bond acceptors (Lipinski definition) is 13. The van der Waals surface area contributed by atoms with Gasteiger partial charge in [-0.15, -0.1) is 0 Å². The first-order valence-corrected chi connectivity index (χ1v) is 23.0. The second-order valence-electron chi connectivity index (χ2n) is 18.4. The van der Waals surface area contributed by atoms with Gasteiger partial charge in [0.15, 0.2) is 17.3 Å². The lowest BCUT2D eigenvalue weighted by atomic mass is 9.97. The van der Waals surface area contributed by atoms with Gasteiger partial charge < -0.3 is 34.6 Å². The molecule has 0 saturated carbocycles. The summed E-state index contributed by atoms with van der Waals surface area (Å²) >= 11 is 0. The Hall–Kier alpha value is -5.75. The maximum Gasteiger partial charge on any atom is 0.276 e. The SMILES string of the molecule is CC1CN(Cc2ccccc2N(C)C)CC1c1nn2c(C3CCOCC3)ncc2c(=O)[nH]1.CC1CNCC1c1nn2c(C3CCOCC3)ncc2c(=O)[nH]1.CN(C)c1ccccc1C=O. The maximum atomic E-state index is 12.9. The number of hydrogen-bond donors (Lipinski definition) is 3. The number of fused-ring (bicyclic) bond motifs is 2. The minimum Gasteiger partial charge on any atom is -0.381 e. The average molecular weight is 889 g/mol. The van der Waals surface area contributed by atoms with Crippen LogP contribution in [-0.2, 0) is 16.0 Å². The Morgan fingerprint density at radius 1 is 0.677 bits per heavy atom. The van der Waals surface area contributed by atoms with E-state index in [1.807, 2.05) is 43.3 Å². The molecule has 4 saturated heterocycles. The fourth-order valence-electron chi connectivity index (χ4n) is 9.71. The van der Waals surface area contributed by atoms with Crippen molar-refractivity contribution in [1.29, 1.82) is 0 Å². The molecule has 4 aliphatic rings. The fourth-order valence-corrected chi connectivity index (χ4v) is 9.71. The molecule has 0 spiro atoms. The lowest BCUT2D eigenvalue weighted by molar-refractivity contribution is 0.0831. The number of rotatable bonds is 9. The van der Waals surface area contributed by atoms with Gasteiger partial charge in [-0.25, -0.2) is 19.0 Å². The summed E-state index contributed by atoms with van der Waals surface area (Å²) in [6, 6.07) is 16.1. The van der Waals surface area contributed by atoms with Gasteiger partial charge >= 0.3 is 0 Å². The van der Waals surface area contributed by atoms with Crippen molar-refractivity contribution >= 4 is 28.7 Å². The summed E-state index contributed by atoms with van der Waals surface area (Å²) < 4.78 is 14.5. The highest BCUT2D eigenvalue weighted by Gasteiger charge is 2.34. The zero-order valence-corrected chi connectivity index (χ0v) is 38.6. The number of benzene rings is 2. The number of anilines is 2. The van der Waals surface area contributed by atoms with Crippen LogP contribution in [0.2, 0.25) is 0 Å². The zero-order valence-electron chi connectivity index (χ0n) is 38.6. The van der Waals surface area contributed by atoms with E-state index in [0.29, 0.717) is 28.8 Å².